The van der Waals surface area contributed by atoms with Gasteiger partial charge in [-0.2, -0.15) is 0 Å². The van der Waals surface area contributed by atoms with Crippen molar-refractivity contribution in [1.82, 2.24) is 4.90 Å². The quantitative estimate of drug-likeness (QED) is 0.252. The van der Waals surface area contributed by atoms with Crippen molar-refractivity contribution >= 4 is 45.1 Å². The molecule has 0 atom stereocenters. The zero-order chi connectivity index (χ0) is 25.7. The van der Waals surface area contributed by atoms with E-state index in [0.717, 1.165) is 11.1 Å². The van der Waals surface area contributed by atoms with Crippen molar-refractivity contribution in [2.75, 3.05) is 13.8 Å². The minimum Gasteiger partial charge on any atom is -0.493 e. The Morgan fingerprint density at radius 1 is 0.919 bits per heavy atom. The van der Waals surface area contributed by atoms with Crippen molar-refractivity contribution in [3.8, 4) is 22.6 Å². The first-order chi connectivity index (χ1) is 17.9. The third-order valence-electron chi connectivity index (χ3n) is 6.38. The number of ether oxygens (including phenoxy) is 2. The van der Waals surface area contributed by atoms with Gasteiger partial charge in [-0.15, -0.1) is 0 Å². The second-order valence-corrected chi connectivity index (χ2v) is 9.55. The number of methoxy groups -OCH3 is 1. The topological polar surface area (TPSA) is 82.1 Å². The molecule has 0 saturated heterocycles. The minimum absolute atomic E-state index is 0.253. The number of benzene rings is 3. The summed E-state index contributed by atoms with van der Waals surface area (Å²) in [5, 5.41) is 2.24. The molecule has 6 rings (SSSR count). The van der Waals surface area contributed by atoms with Crippen molar-refractivity contribution in [3.05, 3.63) is 103 Å². The monoisotopic (exact) mass is 535 g/mol. The lowest BCUT2D eigenvalue weighted by Crippen LogP contribution is -2.31. The molecule has 0 N–H and O–H groups in total. The highest BCUT2D eigenvalue weighted by Crippen LogP contribution is 2.37. The van der Waals surface area contributed by atoms with Gasteiger partial charge < -0.3 is 18.3 Å². The predicted molar refractivity (Wildman–Crippen MR) is 142 cm³/mol. The maximum Gasteiger partial charge on any atom is 0.344 e. The van der Waals surface area contributed by atoms with Crippen molar-refractivity contribution in [1.29, 1.82) is 0 Å². The Bertz CT molecular complexity index is 1810. The van der Waals surface area contributed by atoms with Crippen LogP contribution in [0.25, 0.3) is 33.1 Å². The molecule has 9 heteroatoms. The Labute approximate surface area is 220 Å². The average Bonchev–Trinajstić information content (AvgIpc) is 2.89. The first-order valence-electron chi connectivity index (χ1n) is 11.4. The Balaban J connectivity index is 1.45. The molecule has 5 aromatic rings. The number of hydrogen-bond acceptors (Lipinski definition) is 7. The fraction of sp³-hybridized carbons (Fsp3) is 0.143. The van der Waals surface area contributed by atoms with Crippen LogP contribution in [0.1, 0.15) is 11.1 Å². The molecular weight excluding hydrogens is 517 g/mol. The Kier molecular flexibility index (Phi) is 5.91. The van der Waals surface area contributed by atoms with E-state index in [-0.39, 0.29) is 5.56 Å². The van der Waals surface area contributed by atoms with E-state index < -0.39 is 11.3 Å². The second-order valence-electron chi connectivity index (χ2n) is 8.73. The van der Waals surface area contributed by atoms with Crippen molar-refractivity contribution in [2.24, 2.45) is 0 Å². The third-order valence-corrected chi connectivity index (χ3v) is 7.12. The zero-order valence-electron chi connectivity index (χ0n) is 19.5. The molecule has 186 valence electrons. The molecule has 0 bridgehead atoms. The smallest absolute Gasteiger partial charge is 0.344 e. The summed E-state index contributed by atoms with van der Waals surface area (Å²) in [6.45, 7) is 1.36. The van der Waals surface area contributed by atoms with E-state index in [9.17, 15) is 9.59 Å². The molecule has 0 unspecified atom stereocenters. The van der Waals surface area contributed by atoms with Crippen molar-refractivity contribution in [2.45, 2.75) is 13.1 Å². The summed E-state index contributed by atoms with van der Waals surface area (Å²) in [7, 11) is 1.51. The first kappa shape index (κ1) is 23.6. The number of fused-ring (bicyclic) bond motifs is 4. The number of rotatable bonds is 4. The van der Waals surface area contributed by atoms with Gasteiger partial charge in [0.05, 0.1) is 28.3 Å². The highest BCUT2D eigenvalue weighted by molar-refractivity contribution is 6.42. The maximum absolute atomic E-state index is 13.0. The van der Waals surface area contributed by atoms with E-state index in [2.05, 4.69) is 0 Å². The van der Waals surface area contributed by atoms with Crippen LogP contribution in [0.15, 0.2) is 79.1 Å². The standard InChI is InChI=1S/C28H19Cl2NO6/c1-34-24-4-2-3-16-10-19(28(33)37-26(16)24)18-11-25(32)36-27-17(18)6-8-23-20(27)13-31(14-35-23)12-15-5-7-21(29)22(30)9-15/h2-11H,12-14H2,1H3. The van der Waals surface area contributed by atoms with Crippen LogP contribution in [0.4, 0.5) is 0 Å². The summed E-state index contributed by atoms with van der Waals surface area (Å²) < 4.78 is 22.6. The molecule has 3 aromatic carbocycles. The summed E-state index contributed by atoms with van der Waals surface area (Å²) in [5.74, 6) is 1.07. The molecule has 1 aliphatic heterocycles. The second kappa shape index (κ2) is 9.27. The van der Waals surface area contributed by atoms with Gasteiger partial charge in [-0.3, -0.25) is 4.90 Å². The lowest BCUT2D eigenvalue weighted by molar-refractivity contribution is 0.0890. The molecule has 2 aromatic heterocycles. The van der Waals surface area contributed by atoms with Crippen LogP contribution >= 0.6 is 23.2 Å². The van der Waals surface area contributed by atoms with Crippen LogP contribution in [-0.4, -0.2) is 18.7 Å². The van der Waals surface area contributed by atoms with E-state index >= 15 is 0 Å². The van der Waals surface area contributed by atoms with Gasteiger partial charge in [-0.1, -0.05) is 41.4 Å². The molecule has 0 fully saturated rings. The SMILES string of the molecule is COc1cccc2cc(-c3cc(=O)oc4c5c(ccc34)OCN(Cc3ccc(Cl)c(Cl)c3)C5)c(=O)oc12. The van der Waals surface area contributed by atoms with Gasteiger partial charge >= 0.3 is 11.3 Å². The van der Waals surface area contributed by atoms with Crippen LogP contribution in [0.3, 0.4) is 0 Å². The largest absolute Gasteiger partial charge is 0.493 e. The van der Waals surface area contributed by atoms with Crippen LogP contribution in [0, 0.1) is 0 Å². The van der Waals surface area contributed by atoms with Gasteiger partial charge in [0.25, 0.3) is 0 Å². The van der Waals surface area contributed by atoms with E-state index in [1.165, 1.54) is 13.2 Å². The van der Waals surface area contributed by atoms with Gasteiger partial charge in [0.15, 0.2) is 11.3 Å². The van der Waals surface area contributed by atoms with E-state index in [0.29, 0.717) is 68.9 Å². The molecule has 37 heavy (non-hydrogen) atoms. The first-order valence-corrected chi connectivity index (χ1v) is 12.2. The Morgan fingerprint density at radius 3 is 2.59 bits per heavy atom. The van der Waals surface area contributed by atoms with Gasteiger partial charge in [0.1, 0.15) is 18.1 Å². The lowest BCUT2D eigenvalue weighted by atomic mass is 9.99. The van der Waals surface area contributed by atoms with Crippen LogP contribution < -0.4 is 20.7 Å². The molecule has 0 saturated carbocycles. The molecule has 0 spiro atoms. The molecule has 0 aliphatic carbocycles. The van der Waals surface area contributed by atoms with Crippen LogP contribution in [0.5, 0.6) is 11.5 Å². The molecule has 0 radical (unpaired) electrons. The predicted octanol–water partition coefficient (Wildman–Crippen LogP) is 6.23. The fourth-order valence-electron chi connectivity index (χ4n) is 4.67. The lowest BCUT2D eigenvalue weighted by Gasteiger charge is -2.29. The van der Waals surface area contributed by atoms with Crippen molar-refractivity contribution in [3.63, 3.8) is 0 Å². The van der Waals surface area contributed by atoms with E-state index in [1.807, 2.05) is 29.2 Å². The minimum atomic E-state index is -0.584. The molecule has 7 nitrogen and oxygen atoms in total. The summed E-state index contributed by atoms with van der Waals surface area (Å²) in [6.07, 6.45) is 0. The van der Waals surface area contributed by atoms with Crippen LogP contribution in [0.2, 0.25) is 10.0 Å². The Morgan fingerprint density at radius 2 is 1.78 bits per heavy atom. The Hall–Kier alpha value is -3.78. The molecule has 3 heterocycles. The van der Waals surface area contributed by atoms with Gasteiger partial charge in [0, 0.05) is 35.5 Å². The highest BCUT2D eigenvalue weighted by atomic mass is 35.5. The zero-order valence-corrected chi connectivity index (χ0v) is 21.1. The van der Waals surface area contributed by atoms with Gasteiger partial charge in [0.2, 0.25) is 0 Å². The summed E-state index contributed by atoms with van der Waals surface area (Å²) in [4.78, 5) is 27.8. The molecule has 1 aliphatic rings. The van der Waals surface area contributed by atoms with E-state index in [4.69, 9.17) is 41.5 Å². The number of nitrogens with zero attached hydrogens (tertiary/aromatic N) is 1. The summed E-state index contributed by atoms with van der Waals surface area (Å²) in [5.41, 5.74) is 1.90. The molecular formula is C28H19Cl2NO6. The molecule has 0 amide bonds. The number of hydrogen-bond donors (Lipinski definition) is 0. The maximum atomic E-state index is 13.0. The van der Waals surface area contributed by atoms with Gasteiger partial charge in [-0.05, 0) is 42.0 Å². The summed E-state index contributed by atoms with van der Waals surface area (Å²) in [6, 6.07) is 17.4. The van der Waals surface area contributed by atoms with Gasteiger partial charge in [-0.25, -0.2) is 9.59 Å². The summed E-state index contributed by atoms with van der Waals surface area (Å²) >= 11 is 12.2. The number of para-hydroxylation sites is 1. The average molecular weight is 536 g/mol. The third kappa shape index (κ3) is 4.25. The van der Waals surface area contributed by atoms with E-state index in [1.54, 1.807) is 30.3 Å². The van der Waals surface area contributed by atoms with Crippen molar-refractivity contribution < 1.29 is 18.3 Å². The normalized spacial score (nSPS) is 13.5. The highest BCUT2D eigenvalue weighted by Gasteiger charge is 2.24. The number of halogens is 2. The fourth-order valence-corrected chi connectivity index (χ4v) is 4.99. The van der Waals surface area contributed by atoms with Crippen LogP contribution in [-0.2, 0) is 13.1 Å².